The molecule has 1 heterocycles. The van der Waals surface area contributed by atoms with E-state index in [-0.39, 0.29) is 0 Å². The minimum atomic E-state index is 1.03. The first-order chi connectivity index (χ1) is 7.38. The lowest BCUT2D eigenvalue weighted by Gasteiger charge is -1.96. The van der Waals surface area contributed by atoms with E-state index in [1.165, 1.54) is 18.4 Å². The van der Waals surface area contributed by atoms with Crippen molar-refractivity contribution < 1.29 is 4.57 Å². The molecule has 0 saturated heterocycles. The standard InChI is InChI=1S/C13H19N2/c1-2-3-8-14-9-10-15(12-14)11-13-6-4-5-7-13/h4-6,9-10,12H,2-3,7-8,11H2,1H3/q+1. The Morgan fingerprint density at radius 3 is 3.13 bits per heavy atom. The Bertz CT molecular complexity index is 372. The predicted octanol–water partition coefficient (Wildman–Crippen LogP) is 2.46. The summed E-state index contributed by atoms with van der Waals surface area (Å²) < 4.78 is 4.53. The van der Waals surface area contributed by atoms with Gasteiger partial charge in [-0.15, -0.1) is 0 Å². The summed E-state index contributed by atoms with van der Waals surface area (Å²) in [4.78, 5) is 0. The van der Waals surface area contributed by atoms with Gasteiger partial charge in [0.15, 0.2) is 0 Å². The zero-order chi connectivity index (χ0) is 10.5. The molecule has 15 heavy (non-hydrogen) atoms. The molecule has 0 saturated carbocycles. The lowest BCUT2D eigenvalue weighted by molar-refractivity contribution is -0.688. The third kappa shape index (κ3) is 2.82. The summed E-state index contributed by atoms with van der Waals surface area (Å²) in [5.41, 5.74) is 1.49. The van der Waals surface area contributed by atoms with Crippen molar-refractivity contribution in [3.05, 3.63) is 42.5 Å². The fourth-order valence-electron chi connectivity index (χ4n) is 1.85. The number of allylic oxidation sites excluding steroid dienone is 4. The van der Waals surface area contributed by atoms with Gasteiger partial charge in [0, 0.05) is 0 Å². The average molecular weight is 203 g/mol. The molecule has 2 nitrogen and oxygen atoms in total. The monoisotopic (exact) mass is 203 g/mol. The van der Waals surface area contributed by atoms with E-state index in [1.807, 2.05) is 0 Å². The molecule has 0 fully saturated rings. The molecule has 2 heteroatoms. The zero-order valence-electron chi connectivity index (χ0n) is 9.39. The molecule has 0 spiro atoms. The van der Waals surface area contributed by atoms with E-state index < -0.39 is 0 Å². The second-order valence-electron chi connectivity index (χ2n) is 4.13. The van der Waals surface area contributed by atoms with Crippen LogP contribution in [0.1, 0.15) is 26.2 Å². The van der Waals surface area contributed by atoms with Gasteiger partial charge < -0.3 is 0 Å². The van der Waals surface area contributed by atoms with Crippen molar-refractivity contribution in [1.29, 1.82) is 0 Å². The molecule has 0 amide bonds. The van der Waals surface area contributed by atoms with Gasteiger partial charge >= 0.3 is 0 Å². The second kappa shape index (κ2) is 4.96. The number of hydrogen-bond acceptors (Lipinski definition) is 0. The minimum absolute atomic E-state index is 1.03. The first-order valence-electron chi connectivity index (χ1n) is 5.78. The normalized spacial score (nSPS) is 14.6. The summed E-state index contributed by atoms with van der Waals surface area (Å²) in [5.74, 6) is 0. The first-order valence-corrected chi connectivity index (χ1v) is 5.78. The topological polar surface area (TPSA) is 8.81 Å². The highest BCUT2D eigenvalue weighted by Crippen LogP contribution is 2.09. The Morgan fingerprint density at radius 2 is 2.40 bits per heavy atom. The Balaban J connectivity index is 1.89. The molecule has 0 aliphatic heterocycles. The molecule has 0 bridgehead atoms. The predicted molar refractivity (Wildman–Crippen MR) is 61.4 cm³/mol. The quantitative estimate of drug-likeness (QED) is 0.650. The van der Waals surface area contributed by atoms with Crippen LogP contribution in [0.5, 0.6) is 0 Å². The summed E-state index contributed by atoms with van der Waals surface area (Å²) in [5, 5.41) is 0. The van der Waals surface area contributed by atoms with Gasteiger partial charge in [-0.1, -0.05) is 31.6 Å². The Labute approximate surface area is 91.5 Å². The number of nitrogens with zero attached hydrogens (tertiary/aromatic N) is 2. The van der Waals surface area contributed by atoms with Crippen molar-refractivity contribution >= 4 is 0 Å². The van der Waals surface area contributed by atoms with Crippen molar-refractivity contribution in [2.75, 3.05) is 0 Å². The van der Waals surface area contributed by atoms with Crippen LogP contribution in [0.15, 0.2) is 42.5 Å². The summed E-state index contributed by atoms with van der Waals surface area (Å²) in [7, 11) is 0. The fraction of sp³-hybridized carbons (Fsp3) is 0.462. The zero-order valence-corrected chi connectivity index (χ0v) is 9.39. The van der Waals surface area contributed by atoms with Gasteiger partial charge in [0.05, 0.1) is 6.54 Å². The minimum Gasteiger partial charge on any atom is -0.237 e. The maximum atomic E-state index is 2.27. The number of aromatic nitrogens is 2. The molecule has 1 aliphatic rings. The van der Waals surface area contributed by atoms with Crippen molar-refractivity contribution in [3.63, 3.8) is 0 Å². The number of unbranched alkanes of at least 4 members (excludes halogenated alkanes) is 1. The largest absolute Gasteiger partial charge is 0.244 e. The number of rotatable bonds is 5. The molecule has 0 N–H and O–H groups in total. The summed E-state index contributed by atoms with van der Waals surface area (Å²) in [6.07, 6.45) is 16.7. The first kappa shape index (κ1) is 10.2. The van der Waals surface area contributed by atoms with E-state index >= 15 is 0 Å². The van der Waals surface area contributed by atoms with Crippen LogP contribution < -0.4 is 4.57 Å². The number of hydrogen-bond donors (Lipinski definition) is 0. The van der Waals surface area contributed by atoms with Crippen molar-refractivity contribution in [2.24, 2.45) is 0 Å². The molecule has 0 radical (unpaired) electrons. The van der Waals surface area contributed by atoms with Crippen LogP contribution in [0.2, 0.25) is 0 Å². The van der Waals surface area contributed by atoms with Crippen molar-refractivity contribution in [3.8, 4) is 0 Å². The molecular formula is C13H19N2+. The highest BCUT2D eigenvalue weighted by molar-refractivity contribution is 5.21. The molecular weight excluding hydrogens is 184 g/mol. The average Bonchev–Trinajstić information content (AvgIpc) is 2.87. The van der Waals surface area contributed by atoms with E-state index in [0.717, 1.165) is 19.5 Å². The van der Waals surface area contributed by atoms with Crippen LogP contribution in [-0.4, -0.2) is 4.57 Å². The van der Waals surface area contributed by atoms with Gasteiger partial charge in [-0.25, -0.2) is 9.13 Å². The lowest BCUT2D eigenvalue weighted by atomic mass is 10.2. The van der Waals surface area contributed by atoms with Crippen LogP contribution in [0.25, 0.3) is 0 Å². The van der Waals surface area contributed by atoms with E-state index in [9.17, 15) is 0 Å². The van der Waals surface area contributed by atoms with Crippen LogP contribution in [0, 0.1) is 0 Å². The van der Waals surface area contributed by atoms with Crippen molar-refractivity contribution in [2.45, 2.75) is 39.3 Å². The van der Waals surface area contributed by atoms with Gasteiger partial charge in [0.1, 0.15) is 18.9 Å². The Kier molecular flexibility index (Phi) is 3.38. The van der Waals surface area contributed by atoms with Gasteiger partial charge in [-0.3, -0.25) is 0 Å². The molecule has 0 unspecified atom stereocenters. The van der Waals surface area contributed by atoms with Gasteiger partial charge in [-0.2, -0.15) is 0 Å². The summed E-state index contributed by atoms with van der Waals surface area (Å²) in [6, 6.07) is 0. The Morgan fingerprint density at radius 1 is 1.47 bits per heavy atom. The summed E-state index contributed by atoms with van der Waals surface area (Å²) >= 11 is 0. The lowest BCUT2D eigenvalue weighted by Crippen LogP contribution is -2.31. The van der Waals surface area contributed by atoms with Crippen molar-refractivity contribution in [1.82, 2.24) is 4.57 Å². The van der Waals surface area contributed by atoms with Gasteiger partial charge in [0.25, 0.3) is 0 Å². The van der Waals surface area contributed by atoms with Crippen LogP contribution in [0.4, 0.5) is 0 Å². The molecule has 1 aromatic rings. The highest BCUT2D eigenvalue weighted by Gasteiger charge is 2.06. The van der Waals surface area contributed by atoms with E-state index in [1.54, 1.807) is 0 Å². The molecule has 2 rings (SSSR count). The fourth-order valence-corrected chi connectivity index (χ4v) is 1.85. The van der Waals surface area contributed by atoms with E-state index in [2.05, 4.69) is 53.0 Å². The number of imidazole rings is 1. The Hall–Kier alpha value is -1.31. The SMILES string of the molecule is CCCCn1cc[n+](CC2=CC=CC2)c1. The highest BCUT2D eigenvalue weighted by atomic mass is 15.1. The molecule has 1 aliphatic carbocycles. The summed E-state index contributed by atoms with van der Waals surface area (Å²) in [6.45, 7) is 4.40. The maximum absolute atomic E-state index is 2.27. The molecule has 0 aromatic carbocycles. The van der Waals surface area contributed by atoms with Crippen LogP contribution >= 0.6 is 0 Å². The van der Waals surface area contributed by atoms with Gasteiger partial charge in [-0.05, 0) is 18.4 Å². The van der Waals surface area contributed by atoms with E-state index in [0.29, 0.717) is 0 Å². The number of aryl methyl sites for hydroxylation is 1. The molecule has 80 valence electrons. The van der Waals surface area contributed by atoms with Crippen LogP contribution in [0.3, 0.4) is 0 Å². The molecule has 0 atom stereocenters. The second-order valence-corrected chi connectivity index (χ2v) is 4.13. The van der Waals surface area contributed by atoms with E-state index in [4.69, 9.17) is 0 Å². The van der Waals surface area contributed by atoms with Crippen LogP contribution in [-0.2, 0) is 13.1 Å². The third-order valence-corrected chi connectivity index (χ3v) is 2.75. The van der Waals surface area contributed by atoms with Gasteiger partial charge in [0.2, 0.25) is 6.33 Å². The third-order valence-electron chi connectivity index (χ3n) is 2.75. The smallest absolute Gasteiger partial charge is 0.237 e. The maximum Gasteiger partial charge on any atom is 0.244 e. The molecule has 1 aromatic heterocycles.